The lowest BCUT2D eigenvalue weighted by molar-refractivity contribution is 0.0985. The van der Waals surface area contributed by atoms with E-state index in [1.807, 2.05) is 19.1 Å². The van der Waals surface area contributed by atoms with Gasteiger partial charge in [-0.3, -0.25) is 0 Å². The van der Waals surface area contributed by atoms with Crippen LogP contribution in [0.25, 0.3) is 22.3 Å². The molecular formula is C24H23ClN4O3S. The molecule has 3 aromatic heterocycles. The van der Waals surface area contributed by atoms with Gasteiger partial charge in [0, 0.05) is 34.9 Å². The fraction of sp³-hybridized carbons (Fsp3) is 0.250. The molecule has 1 aromatic carbocycles. The molecule has 0 radical (unpaired) electrons. The van der Waals surface area contributed by atoms with Gasteiger partial charge in [0.15, 0.2) is 5.65 Å². The minimum atomic E-state index is -3.79. The minimum absolute atomic E-state index is 0.177. The maximum Gasteiger partial charge on any atom is 0.269 e. The summed E-state index contributed by atoms with van der Waals surface area (Å²) < 4.78 is 33.3. The zero-order valence-electron chi connectivity index (χ0n) is 18.3. The standard InChI is InChI=1S/C24H23ClN4O3S/c1-16-3-5-19(6-4-16)33(30,31)29-10-8-21-20(7-9-26-24(21)29)22-13-18(25)14-23(27-22)28-11-12-32-15-17(28)2/h3-10,13-14,17H,11-12,15H2,1-2H3/t17-/m1/s1. The van der Waals surface area contributed by atoms with Crippen LogP contribution in [0.4, 0.5) is 5.82 Å². The predicted octanol–water partition coefficient (Wildman–Crippen LogP) is 4.52. The third-order valence-electron chi connectivity index (χ3n) is 5.85. The lowest BCUT2D eigenvalue weighted by Crippen LogP contribution is -2.44. The highest BCUT2D eigenvalue weighted by molar-refractivity contribution is 7.90. The Kier molecular flexibility index (Phi) is 5.60. The lowest BCUT2D eigenvalue weighted by atomic mass is 10.1. The maximum absolute atomic E-state index is 13.3. The first-order chi connectivity index (χ1) is 15.8. The van der Waals surface area contributed by atoms with E-state index in [9.17, 15) is 8.42 Å². The quantitative estimate of drug-likeness (QED) is 0.425. The van der Waals surface area contributed by atoms with E-state index in [1.54, 1.807) is 42.6 Å². The van der Waals surface area contributed by atoms with Gasteiger partial charge in [0.2, 0.25) is 0 Å². The van der Waals surface area contributed by atoms with Crippen LogP contribution in [0.15, 0.2) is 65.8 Å². The fourth-order valence-corrected chi connectivity index (χ4v) is 5.59. The first kappa shape index (κ1) is 21.9. The predicted molar refractivity (Wildman–Crippen MR) is 129 cm³/mol. The van der Waals surface area contributed by atoms with E-state index in [4.69, 9.17) is 21.3 Å². The number of benzene rings is 1. The number of aryl methyl sites for hydroxylation is 1. The summed E-state index contributed by atoms with van der Waals surface area (Å²) in [6, 6.07) is 14.2. The number of rotatable bonds is 4. The van der Waals surface area contributed by atoms with Gasteiger partial charge in [-0.2, -0.15) is 0 Å². The Morgan fingerprint density at radius 3 is 2.67 bits per heavy atom. The average Bonchev–Trinajstić information content (AvgIpc) is 3.24. The topological polar surface area (TPSA) is 77.3 Å². The number of halogens is 1. The van der Waals surface area contributed by atoms with E-state index in [2.05, 4.69) is 16.8 Å². The first-order valence-corrected chi connectivity index (χ1v) is 12.5. The first-order valence-electron chi connectivity index (χ1n) is 10.7. The monoisotopic (exact) mass is 482 g/mol. The van der Waals surface area contributed by atoms with Gasteiger partial charge in [-0.15, -0.1) is 0 Å². The van der Waals surface area contributed by atoms with Crippen molar-refractivity contribution in [2.75, 3.05) is 24.7 Å². The van der Waals surface area contributed by atoms with Crippen molar-refractivity contribution in [1.82, 2.24) is 13.9 Å². The molecule has 1 aliphatic rings. The Morgan fingerprint density at radius 1 is 1.12 bits per heavy atom. The summed E-state index contributed by atoms with van der Waals surface area (Å²) >= 11 is 6.47. The maximum atomic E-state index is 13.3. The number of aromatic nitrogens is 3. The van der Waals surface area contributed by atoms with E-state index in [1.165, 1.54) is 10.2 Å². The molecule has 1 fully saturated rings. The van der Waals surface area contributed by atoms with E-state index >= 15 is 0 Å². The number of fused-ring (bicyclic) bond motifs is 1. The highest BCUT2D eigenvalue weighted by Crippen LogP contribution is 2.32. The molecule has 0 aliphatic carbocycles. The summed E-state index contributed by atoms with van der Waals surface area (Å²) in [6.07, 6.45) is 3.13. The molecule has 170 valence electrons. The molecule has 33 heavy (non-hydrogen) atoms. The average molecular weight is 483 g/mol. The van der Waals surface area contributed by atoms with Crippen molar-refractivity contribution in [1.29, 1.82) is 0 Å². The molecule has 0 unspecified atom stereocenters. The molecule has 9 heteroatoms. The summed E-state index contributed by atoms with van der Waals surface area (Å²) in [4.78, 5) is 11.6. The van der Waals surface area contributed by atoms with Gasteiger partial charge < -0.3 is 9.64 Å². The zero-order valence-corrected chi connectivity index (χ0v) is 19.8. The molecule has 0 saturated carbocycles. The number of hydrogen-bond donors (Lipinski definition) is 0. The van der Waals surface area contributed by atoms with Crippen LogP contribution in [0.5, 0.6) is 0 Å². The SMILES string of the molecule is Cc1ccc(S(=O)(=O)n2ccc3c(-c4cc(Cl)cc(N5CCOC[C@H]5C)n4)ccnc32)cc1. The molecule has 1 saturated heterocycles. The molecule has 1 aliphatic heterocycles. The van der Waals surface area contributed by atoms with Crippen LogP contribution in [0.3, 0.4) is 0 Å². The van der Waals surface area contributed by atoms with Crippen molar-refractivity contribution in [3.05, 3.63) is 71.5 Å². The molecule has 4 heterocycles. The molecule has 0 amide bonds. The second kappa shape index (κ2) is 8.44. The van der Waals surface area contributed by atoms with Crippen molar-refractivity contribution >= 4 is 38.5 Å². The van der Waals surface area contributed by atoms with E-state index in [0.29, 0.717) is 35.0 Å². The van der Waals surface area contributed by atoms with E-state index < -0.39 is 10.0 Å². The number of ether oxygens (including phenoxy) is 1. The van der Waals surface area contributed by atoms with Crippen molar-refractivity contribution in [3.8, 4) is 11.3 Å². The molecule has 4 aromatic rings. The summed E-state index contributed by atoms with van der Waals surface area (Å²) in [5.41, 5.74) is 2.76. The summed E-state index contributed by atoms with van der Waals surface area (Å²) in [5, 5.41) is 1.24. The highest BCUT2D eigenvalue weighted by atomic mass is 35.5. The van der Waals surface area contributed by atoms with Gasteiger partial charge in [0.1, 0.15) is 5.82 Å². The largest absolute Gasteiger partial charge is 0.377 e. The van der Waals surface area contributed by atoms with Crippen molar-refractivity contribution in [2.45, 2.75) is 24.8 Å². The second-order valence-corrected chi connectivity index (χ2v) is 10.4. The number of hydrogen-bond acceptors (Lipinski definition) is 6. The van der Waals surface area contributed by atoms with Crippen LogP contribution in [0.2, 0.25) is 5.02 Å². The van der Waals surface area contributed by atoms with Gasteiger partial charge in [-0.1, -0.05) is 29.3 Å². The normalized spacial score (nSPS) is 16.9. The molecule has 0 spiro atoms. The van der Waals surface area contributed by atoms with Gasteiger partial charge in [-0.05, 0) is 50.2 Å². The molecule has 5 rings (SSSR count). The smallest absolute Gasteiger partial charge is 0.269 e. The second-order valence-electron chi connectivity index (χ2n) is 8.17. The van der Waals surface area contributed by atoms with Crippen LogP contribution in [-0.4, -0.2) is 48.2 Å². The third kappa shape index (κ3) is 3.99. The summed E-state index contributed by atoms with van der Waals surface area (Å²) in [6.45, 7) is 5.99. The van der Waals surface area contributed by atoms with Crippen LogP contribution in [0.1, 0.15) is 12.5 Å². The van der Waals surface area contributed by atoms with E-state index in [-0.39, 0.29) is 10.9 Å². The zero-order chi connectivity index (χ0) is 23.2. The number of anilines is 1. The molecule has 1 atom stereocenters. The fourth-order valence-electron chi connectivity index (χ4n) is 4.09. The Hall–Kier alpha value is -2.94. The Labute approximate surface area is 197 Å². The van der Waals surface area contributed by atoms with Crippen LogP contribution in [0, 0.1) is 6.92 Å². The van der Waals surface area contributed by atoms with Crippen molar-refractivity contribution in [3.63, 3.8) is 0 Å². The number of pyridine rings is 2. The van der Waals surface area contributed by atoms with Crippen LogP contribution < -0.4 is 4.90 Å². The molecule has 0 N–H and O–H groups in total. The highest BCUT2D eigenvalue weighted by Gasteiger charge is 2.23. The number of nitrogens with zero attached hydrogens (tertiary/aromatic N) is 4. The molecular weight excluding hydrogens is 460 g/mol. The summed E-state index contributed by atoms with van der Waals surface area (Å²) in [5.74, 6) is 0.768. The Bertz CT molecular complexity index is 1430. The van der Waals surface area contributed by atoms with Crippen LogP contribution in [-0.2, 0) is 14.8 Å². The summed E-state index contributed by atoms with van der Waals surface area (Å²) in [7, 11) is -3.79. The van der Waals surface area contributed by atoms with Gasteiger partial charge in [0.25, 0.3) is 10.0 Å². The van der Waals surface area contributed by atoms with E-state index in [0.717, 1.165) is 23.5 Å². The van der Waals surface area contributed by atoms with Crippen molar-refractivity contribution in [2.24, 2.45) is 0 Å². The van der Waals surface area contributed by atoms with Crippen LogP contribution >= 0.6 is 11.6 Å². The van der Waals surface area contributed by atoms with Gasteiger partial charge >= 0.3 is 0 Å². The van der Waals surface area contributed by atoms with Crippen molar-refractivity contribution < 1.29 is 13.2 Å². The lowest BCUT2D eigenvalue weighted by Gasteiger charge is -2.34. The van der Waals surface area contributed by atoms with Gasteiger partial charge in [-0.25, -0.2) is 22.4 Å². The third-order valence-corrected chi connectivity index (χ3v) is 7.75. The molecule has 7 nitrogen and oxygen atoms in total. The minimum Gasteiger partial charge on any atom is -0.377 e. The Morgan fingerprint density at radius 2 is 1.91 bits per heavy atom. The van der Waals surface area contributed by atoms with Gasteiger partial charge in [0.05, 0.1) is 29.8 Å². The number of morpholine rings is 1. The molecule has 0 bridgehead atoms. The Balaban J connectivity index is 1.61.